The molecule has 0 saturated heterocycles. The van der Waals surface area contributed by atoms with Crippen molar-refractivity contribution in [3.63, 3.8) is 0 Å². The average Bonchev–Trinajstić information content (AvgIpc) is 3.10. The number of nitro benzene ring substituents is 1. The summed E-state index contributed by atoms with van der Waals surface area (Å²) in [7, 11) is 0. The second-order valence-electron chi connectivity index (χ2n) is 6.10. The molecule has 27 heavy (non-hydrogen) atoms. The number of benzene rings is 2. The Balaban J connectivity index is 1.75. The molecular weight excluding hydrogens is 350 g/mol. The molecule has 1 heterocycles. The maximum Gasteiger partial charge on any atom is 0.338 e. The van der Waals surface area contributed by atoms with Crippen molar-refractivity contribution in [1.82, 2.24) is 20.2 Å². The van der Waals surface area contributed by atoms with Crippen LogP contribution >= 0.6 is 0 Å². The predicted molar refractivity (Wildman–Crippen MR) is 96.0 cm³/mol. The Labute approximate surface area is 154 Å². The van der Waals surface area contributed by atoms with Crippen LogP contribution in [-0.2, 0) is 11.3 Å². The van der Waals surface area contributed by atoms with E-state index >= 15 is 0 Å². The van der Waals surface area contributed by atoms with Gasteiger partial charge in [-0.25, -0.2) is 4.79 Å². The van der Waals surface area contributed by atoms with E-state index in [9.17, 15) is 14.9 Å². The molecule has 0 N–H and O–H groups in total. The zero-order valence-corrected chi connectivity index (χ0v) is 14.8. The molecule has 0 radical (unpaired) electrons. The average molecular weight is 367 g/mol. The van der Waals surface area contributed by atoms with E-state index in [1.165, 1.54) is 16.9 Å². The van der Waals surface area contributed by atoms with Gasteiger partial charge in [-0.1, -0.05) is 24.3 Å². The fourth-order valence-electron chi connectivity index (χ4n) is 2.38. The van der Waals surface area contributed by atoms with E-state index in [-0.39, 0.29) is 11.8 Å². The van der Waals surface area contributed by atoms with Crippen LogP contribution in [0.1, 0.15) is 29.8 Å². The number of nitro groups is 1. The first-order valence-corrected chi connectivity index (χ1v) is 8.25. The lowest BCUT2D eigenvalue weighted by molar-refractivity contribution is -0.384. The maximum atomic E-state index is 12.0. The van der Waals surface area contributed by atoms with Gasteiger partial charge in [0.15, 0.2) is 0 Å². The van der Waals surface area contributed by atoms with E-state index in [1.54, 1.807) is 50.2 Å². The highest BCUT2D eigenvalue weighted by Gasteiger charge is 2.13. The summed E-state index contributed by atoms with van der Waals surface area (Å²) in [5.74, 6) is -0.0405. The Morgan fingerprint density at radius 1 is 1.22 bits per heavy atom. The molecule has 3 aromatic rings. The third-order valence-corrected chi connectivity index (χ3v) is 3.62. The first-order valence-electron chi connectivity index (χ1n) is 8.25. The Morgan fingerprint density at radius 3 is 2.63 bits per heavy atom. The van der Waals surface area contributed by atoms with E-state index in [2.05, 4.69) is 15.4 Å². The molecule has 0 fully saturated rings. The lowest BCUT2D eigenvalue weighted by Gasteiger charge is -2.08. The summed E-state index contributed by atoms with van der Waals surface area (Å²) in [6.07, 6.45) is -0.207. The smallest absolute Gasteiger partial charge is 0.338 e. The predicted octanol–water partition coefficient (Wildman–Crippen LogP) is 2.86. The van der Waals surface area contributed by atoms with Gasteiger partial charge in [-0.3, -0.25) is 10.1 Å². The number of nitrogens with zero attached hydrogens (tertiary/aromatic N) is 5. The molecule has 0 aliphatic carbocycles. The molecule has 9 heteroatoms. The van der Waals surface area contributed by atoms with Crippen molar-refractivity contribution in [3.05, 3.63) is 69.8 Å². The van der Waals surface area contributed by atoms with Crippen LogP contribution in [0.3, 0.4) is 0 Å². The van der Waals surface area contributed by atoms with Crippen molar-refractivity contribution in [2.75, 3.05) is 0 Å². The van der Waals surface area contributed by atoms with E-state index in [1.807, 2.05) is 0 Å². The zero-order valence-electron chi connectivity index (χ0n) is 14.8. The number of tetrazole rings is 1. The summed E-state index contributed by atoms with van der Waals surface area (Å²) in [6.45, 7) is 3.89. The van der Waals surface area contributed by atoms with E-state index < -0.39 is 10.9 Å². The highest BCUT2D eigenvalue weighted by atomic mass is 16.6. The molecule has 0 saturated carbocycles. The molecule has 138 valence electrons. The number of carbonyl (C=O) groups excluding carboxylic acids is 1. The first-order chi connectivity index (χ1) is 12.9. The van der Waals surface area contributed by atoms with Crippen LogP contribution < -0.4 is 0 Å². The van der Waals surface area contributed by atoms with Gasteiger partial charge in [0.2, 0.25) is 5.82 Å². The van der Waals surface area contributed by atoms with Gasteiger partial charge < -0.3 is 4.74 Å². The van der Waals surface area contributed by atoms with Gasteiger partial charge in [-0.05, 0) is 36.8 Å². The standard InChI is InChI=1S/C18H17N5O4/c1-12(2)27-18(24)15-5-3-4-14(10-15)17-19-21-22(20-17)11-13-6-8-16(9-7-13)23(25)26/h3-10,12H,11H2,1-2H3. The zero-order chi connectivity index (χ0) is 19.4. The molecule has 1 aromatic heterocycles. The monoisotopic (exact) mass is 367 g/mol. The summed E-state index contributed by atoms with van der Waals surface area (Å²) in [4.78, 5) is 23.7. The molecule has 0 atom stereocenters. The fourth-order valence-corrected chi connectivity index (χ4v) is 2.38. The summed E-state index contributed by atoms with van der Waals surface area (Å²) < 4.78 is 5.19. The molecule has 0 spiro atoms. The topological polar surface area (TPSA) is 113 Å². The molecule has 0 aliphatic heterocycles. The van der Waals surface area contributed by atoms with Gasteiger partial charge >= 0.3 is 5.97 Å². The third kappa shape index (κ3) is 4.51. The molecule has 0 amide bonds. The molecule has 0 unspecified atom stereocenters. The second kappa shape index (κ2) is 7.73. The maximum absolute atomic E-state index is 12.0. The molecule has 3 rings (SSSR count). The largest absolute Gasteiger partial charge is 0.459 e. The highest BCUT2D eigenvalue weighted by Crippen LogP contribution is 2.17. The van der Waals surface area contributed by atoms with Crippen molar-refractivity contribution in [2.45, 2.75) is 26.5 Å². The molecule has 2 aromatic carbocycles. The lowest BCUT2D eigenvalue weighted by Crippen LogP contribution is -2.11. The van der Waals surface area contributed by atoms with Crippen molar-refractivity contribution in [2.24, 2.45) is 0 Å². The minimum Gasteiger partial charge on any atom is -0.459 e. The van der Waals surface area contributed by atoms with Gasteiger partial charge in [-0.15, -0.1) is 10.2 Å². The van der Waals surface area contributed by atoms with Crippen molar-refractivity contribution in [3.8, 4) is 11.4 Å². The minimum atomic E-state index is -0.452. The van der Waals surface area contributed by atoms with Crippen molar-refractivity contribution in [1.29, 1.82) is 0 Å². The number of esters is 1. The Kier molecular flexibility index (Phi) is 5.20. The first kappa shape index (κ1) is 18.2. The van der Waals surface area contributed by atoms with E-state index in [4.69, 9.17) is 4.74 Å². The number of rotatable bonds is 6. The lowest BCUT2D eigenvalue weighted by atomic mass is 10.1. The second-order valence-corrected chi connectivity index (χ2v) is 6.10. The Bertz CT molecular complexity index is 966. The van der Waals surface area contributed by atoms with E-state index in [0.29, 0.717) is 23.5 Å². The van der Waals surface area contributed by atoms with Crippen LogP contribution in [0.25, 0.3) is 11.4 Å². The number of hydrogen-bond donors (Lipinski definition) is 0. The summed E-state index contributed by atoms with van der Waals surface area (Å²) in [6, 6.07) is 13.0. The third-order valence-electron chi connectivity index (χ3n) is 3.62. The van der Waals surface area contributed by atoms with Crippen LogP contribution in [0.15, 0.2) is 48.5 Å². The van der Waals surface area contributed by atoms with Gasteiger partial charge in [0.25, 0.3) is 5.69 Å². The van der Waals surface area contributed by atoms with Crippen LogP contribution in [0.2, 0.25) is 0 Å². The number of carbonyl (C=O) groups is 1. The van der Waals surface area contributed by atoms with Crippen LogP contribution in [0.5, 0.6) is 0 Å². The summed E-state index contributed by atoms with van der Waals surface area (Å²) in [5, 5.41) is 23.0. The number of hydrogen-bond acceptors (Lipinski definition) is 7. The van der Waals surface area contributed by atoms with Gasteiger partial charge in [0.05, 0.1) is 23.1 Å². The molecule has 0 bridgehead atoms. The summed E-state index contributed by atoms with van der Waals surface area (Å²) >= 11 is 0. The van der Waals surface area contributed by atoms with Gasteiger partial charge in [0.1, 0.15) is 0 Å². The van der Waals surface area contributed by atoms with Crippen LogP contribution in [-0.4, -0.2) is 37.2 Å². The SMILES string of the molecule is CC(C)OC(=O)c1cccc(-c2nnn(Cc3ccc([N+](=O)[O-])cc3)n2)c1. The highest BCUT2D eigenvalue weighted by molar-refractivity contribution is 5.90. The minimum absolute atomic E-state index is 0.0242. The molecule has 0 aliphatic rings. The van der Waals surface area contributed by atoms with Gasteiger partial charge in [0, 0.05) is 17.7 Å². The fraction of sp³-hybridized carbons (Fsp3) is 0.222. The normalized spacial score (nSPS) is 10.8. The van der Waals surface area contributed by atoms with Crippen molar-refractivity contribution >= 4 is 11.7 Å². The summed E-state index contributed by atoms with van der Waals surface area (Å²) in [5.41, 5.74) is 1.88. The number of ether oxygens (including phenoxy) is 1. The van der Waals surface area contributed by atoms with Gasteiger partial charge in [-0.2, -0.15) is 4.80 Å². The van der Waals surface area contributed by atoms with Crippen molar-refractivity contribution < 1.29 is 14.5 Å². The number of non-ortho nitro benzene ring substituents is 1. The molecule has 9 nitrogen and oxygen atoms in total. The van der Waals surface area contributed by atoms with E-state index in [0.717, 1.165) is 5.56 Å². The Hall–Kier alpha value is -3.62. The van der Waals surface area contributed by atoms with Crippen LogP contribution in [0.4, 0.5) is 5.69 Å². The number of aromatic nitrogens is 4. The Morgan fingerprint density at radius 2 is 1.96 bits per heavy atom. The van der Waals surface area contributed by atoms with Crippen LogP contribution in [0, 0.1) is 10.1 Å². The quantitative estimate of drug-likeness (QED) is 0.374. The molecular formula is C18H17N5O4.